The van der Waals surface area contributed by atoms with Gasteiger partial charge in [-0.2, -0.15) is 0 Å². The van der Waals surface area contributed by atoms with Crippen molar-refractivity contribution in [3.63, 3.8) is 0 Å². The second-order valence-electron chi connectivity index (χ2n) is 8.50. The van der Waals surface area contributed by atoms with Crippen molar-refractivity contribution in [2.75, 3.05) is 0 Å². The summed E-state index contributed by atoms with van der Waals surface area (Å²) in [5, 5.41) is 1.16. The Bertz CT molecular complexity index is 992. The van der Waals surface area contributed by atoms with Crippen molar-refractivity contribution in [1.82, 2.24) is 4.98 Å². The SMILES string of the molecule is CCc1ccc2cc(-c3ccc(C(C)(C)C)cc3CO[Si](C)C)cc(Br)c2n1. The molecule has 0 unspecified atom stereocenters. The first-order valence-electron chi connectivity index (χ1n) is 9.85. The normalized spacial score (nSPS) is 12.1. The van der Waals surface area contributed by atoms with Crippen LogP contribution in [0.25, 0.3) is 22.0 Å². The molecule has 0 atom stereocenters. The third-order valence-electron chi connectivity index (χ3n) is 4.96. The number of aromatic nitrogens is 1. The third-order valence-corrected chi connectivity index (χ3v) is 6.29. The summed E-state index contributed by atoms with van der Waals surface area (Å²) in [5.74, 6) is 0. The highest BCUT2D eigenvalue weighted by atomic mass is 79.9. The quantitative estimate of drug-likeness (QED) is 0.377. The van der Waals surface area contributed by atoms with E-state index in [0.717, 1.165) is 27.5 Å². The van der Waals surface area contributed by atoms with Gasteiger partial charge < -0.3 is 4.43 Å². The average Bonchev–Trinajstić information content (AvgIpc) is 2.65. The topological polar surface area (TPSA) is 22.1 Å². The van der Waals surface area contributed by atoms with E-state index in [2.05, 4.69) is 99.2 Å². The van der Waals surface area contributed by atoms with Crippen molar-refractivity contribution in [3.05, 3.63) is 63.8 Å². The first-order valence-corrected chi connectivity index (χ1v) is 13.0. The number of halogens is 1. The monoisotopic (exact) mass is 454 g/mol. The van der Waals surface area contributed by atoms with Gasteiger partial charge in [-0.25, -0.2) is 0 Å². The number of hydrogen-bond donors (Lipinski definition) is 0. The van der Waals surface area contributed by atoms with Crippen LogP contribution in [0, 0.1) is 0 Å². The van der Waals surface area contributed by atoms with Crippen LogP contribution in [0.3, 0.4) is 0 Å². The lowest BCUT2D eigenvalue weighted by Crippen LogP contribution is -2.13. The fourth-order valence-electron chi connectivity index (χ4n) is 3.27. The van der Waals surface area contributed by atoms with E-state index in [9.17, 15) is 0 Å². The van der Waals surface area contributed by atoms with Crippen LogP contribution < -0.4 is 0 Å². The maximum absolute atomic E-state index is 6.08. The molecule has 0 bridgehead atoms. The molecule has 0 spiro atoms. The second-order valence-corrected chi connectivity index (χ2v) is 11.5. The first-order chi connectivity index (χ1) is 13.2. The second kappa shape index (κ2) is 8.48. The lowest BCUT2D eigenvalue weighted by molar-refractivity contribution is 0.315. The Kier molecular flexibility index (Phi) is 6.43. The van der Waals surface area contributed by atoms with Crippen LogP contribution in [-0.4, -0.2) is 14.0 Å². The van der Waals surface area contributed by atoms with E-state index in [0.29, 0.717) is 6.61 Å². The van der Waals surface area contributed by atoms with Gasteiger partial charge in [-0.3, -0.25) is 4.98 Å². The summed E-state index contributed by atoms with van der Waals surface area (Å²) in [6, 6.07) is 15.5. The van der Waals surface area contributed by atoms with Crippen molar-refractivity contribution in [2.45, 2.75) is 59.2 Å². The number of fused-ring (bicyclic) bond motifs is 1. The van der Waals surface area contributed by atoms with E-state index < -0.39 is 9.04 Å². The van der Waals surface area contributed by atoms with Gasteiger partial charge in [0.25, 0.3) is 0 Å². The van der Waals surface area contributed by atoms with E-state index in [4.69, 9.17) is 9.41 Å². The van der Waals surface area contributed by atoms with Crippen LogP contribution in [0.4, 0.5) is 0 Å². The Morgan fingerprint density at radius 2 is 1.79 bits per heavy atom. The number of rotatable bonds is 5. The summed E-state index contributed by atoms with van der Waals surface area (Å²) in [6.45, 7) is 13.9. The van der Waals surface area contributed by atoms with Crippen LogP contribution in [0.5, 0.6) is 0 Å². The van der Waals surface area contributed by atoms with Gasteiger partial charge in [-0.05, 0) is 81.3 Å². The zero-order valence-corrected chi connectivity index (χ0v) is 20.3. The molecular weight excluding hydrogens is 426 g/mol. The molecule has 3 rings (SSSR count). The zero-order valence-electron chi connectivity index (χ0n) is 17.7. The third kappa shape index (κ3) is 4.73. The van der Waals surface area contributed by atoms with Crippen LogP contribution in [-0.2, 0) is 22.9 Å². The summed E-state index contributed by atoms with van der Waals surface area (Å²) in [4.78, 5) is 4.79. The molecule has 1 aromatic heterocycles. The summed E-state index contributed by atoms with van der Waals surface area (Å²) < 4.78 is 7.12. The molecule has 1 heterocycles. The molecule has 0 aliphatic heterocycles. The first kappa shape index (κ1) is 21.2. The predicted molar refractivity (Wildman–Crippen MR) is 125 cm³/mol. The van der Waals surface area contributed by atoms with Crippen molar-refractivity contribution < 1.29 is 4.43 Å². The Hall–Kier alpha value is -1.49. The Morgan fingerprint density at radius 3 is 2.43 bits per heavy atom. The summed E-state index contributed by atoms with van der Waals surface area (Å²) in [5.41, 5.74) is 7.28. The Labute approximate surface area is 179 Å². The molecule has 0 aliphatic rings. The fraction of sp³-hybridized carbons (Fsp3) is 0.375. The van der Waals surface area contributed by atoms with Gasteiger partial charge in [0.05, 0.1) is 12.1 Å². The minimum atomic E-state index is -0.747. The summed E-state index contributed by atoms with van der Waals surface area (Å²) in [6.07, 6.45) is 0.942. The lowest BCUT2D eigenvalue weighted by Gasteiger charge is -2.22. The largest absolute Gasteiger partial charge is 0.413 e. The van der Waals surface area contributed by atoms with Gasteiger partial charge >= 0.3 is 0 Å². The molecule has 28 heavy (non-hydrogen) atoms. The smallest absolute Gasteiger partial charge is 0.205 e. The highest BCUT2D eigenvalue weighted by molar-refractivity contribution is 9.10. The summed E-state index contributed by atoms with van der Waals surface area (Å²) in [7, 11) is -0.747. The highest BCUT2D eigenvalue weighted by Gasteiger charge is 2.17. The van der Waals surface area contributed by atoms with Crippen molar-refractivity contribution >= 4 is 35.9 Å². The molecule has 0 amide bonds. The minimum absolute atomic E-state index is 0.115. The van der Waals surface area contributed by atoms with E-state index >= 15 is 0 Å². The average molecular weight is 455 g/mol. The van der Waals surface area contributed by atoms with Crippen LogP contribution in [0.15, 0.2) is 46.9 Å². The van der Waals surface area contributed by atoms with Crippen molar-refractivity contribution in [2.24, 2.45) is 0 Å². The minimum Gasteiger partial charge on any atom is -0.413 e. The molecule has 2 nitrogen and oxygen atoms in total. The molecule has 0 saturated heterocycles. The number of benzene rings is 2. The lowest BCUT2D eigenvalue weighted by atomic mass is 9.84. The molecule has 147 valence electrons. The standard InChI is InChI=1S/C24H29BrNOSi/c1-7-20-10-8-16-12-17(14-22(25)23(16)26-20)21-11-9-19(24(2,3)4)13-18(21)15-27-28(5)6/h8-14H,7,15H2,1-6H3. The molecule has 0 saturated carbocycles. The number of pyridine rings is 1. The van der Waals surface area contributed by atoms with Crippen molar-refractivity contribution in [3.8, 4) is 11.1 Å². The van der Waals surface area contributed by atoms with E-state index in [-0.39, 0.29) is 5.41 Å². The molecule has 2 aromatic carbocycles. The van der Waals surface area contributed by atoms with E-state index in [1.165, 1.54) is 22.3 Å². The van der Waals surface area contributed by atoms with Gasteiger partial charge in [0, 0.05) is 15.6 Å². The van der Waals surface area contributed by atoms with Crippen LogP contribution >= 0.6 is 15.9 Å². The molecule has 0 fully saturated rings. The van der Waals surface area contributed by atoms with Gasteiger partial charge in [-0.1, -0.05) is 52.0 Å². The molecule has 3 aromatic rings. The molecule has 4 heteroatoms. The van der Waals surface area contributed by atoms with E-state index in [1.807, 2.05) is 0 Å². The number of hydrogen-bond acceptors (Lipinski definition) is 2. The zero-order chi connectivity index (χ0) is 20.5. The van der Waals surface area contributed by atoms with Gasteiger partial charge in [0.2, 0.25) is 9.04 Å². The molecule has 0 aliphatic carbocycles. The number of aryl methyl sites for hydroxylation is 1. The van der Waals surface area contributed by atoms with Crippen LogP contribution in [0.1, 0.15) is 44.5 Å². The fourth-order valence-corrected chi connectivity index (χ4v) is 4.28. The van der Waals surface area contributed by atoms with Crippen LogP contribution in [0.2, 0.25) is 13.1 Å². The highest BCUT2D eigenvalue weighted by Crippen LogP contribution is 2.34. The molecule has 0 N–H and O–H groups in total. The predicted octanol–water partition coefficient (Wildman–Crippen LogP) is 7.29. The van der Waals surface area contributed by atoms with E-state index in [1.54, 1.807) is 0 Å². The number of nitrogens with zero attached hydrogens (tertiary/aromatic N) is 1. The molecular formula is C24H29BrNOSi. The van der Waals surface area contributed by atoms with Gasteiger partial charge in [-0.15, -0.1) is 0 Å². The van der Waals surface area contributed by atoms with Gasteiger partial charge in [0.15, 0.2) is 0 Å². The Morgan fingerprint density at radius 1 is 1.04 bits per heavy atom. The summed E-state index contributed by atoms with van der Waals surface area (Å²) >= 11 is 3.75. The maximum Gasteiger partial charge on any atom is 0.205 e. The van der Waals surface area contributed by atoms with Crippen molar-refractivity contribution in [1.29, 1.82) is 0 Å². The molecule has 1 radical (unpaired) electrons. The van der Waals surface area contributed by atoms with Gasteiger partial charge in [0.1, 0.15) is 0 Å². The Balaban J connectivity index is 2.13. The maximum atomic E-state index is 6.08.